The highest BCUT2D eigenvalue weighted by Gasteiger charge is 2.13. The van der Waals surface area contributed by atoms with Gasteiger partial charge in [0, 0.05) is 19.0 Å². The predicted molar refractivity (Wildman–Crippen MR) is 68.2 cm³/mol. The van der Waals surface area contributed by atoms with Gasteiger partial charge in [-0.15, -0.1) is 0 Å². The number of pyridine rings is 1. The summed E-state index contributed by atoms with van der Waals surface area (Å²) in [5.41, 5.74) is 5.35. The molecule has 0 unspecified atom stereocenters. The van der Waals surface area contributed by atoms with Crippen molar-refractivity contribution >= 4 is 25.7 Å². The Bertz CT molecular complexity index is 593. The largest absolute Gasteiger partial charge is 0.384 e. The molecule has 0 saturated heterocycles. The molecule has 7 nitrogen and oxygen atoms in total. The number of hydrogen-bond acceptors (Lipinski definition) is 6. The van der Waals surface area contributed by atoms with Crippen LogP contribution in [0.25, 0.3) is 0 Å². The van der Waals surface area contributed by atoms with Crippen molar-refractivity contribution in [2.24, 2.45) is 0 Å². The summed E-state index contributed by atoms with van der Waals surface area (Å²) in [7, 11) is -6.73. The molecule has 1 aromatic rings. The molecule has 1 aromatic heterocycles. The third kappa shape index (κ3) is 4.98. The molecule has 18 heavy (non-hydrogen) atoms. The zero-order chi connectivity index (χ0) is 13.8. The highest BCUT2D eigenvalue weighted by atomic mass is 32.2. The molecule has 0 fully saturated rings. The molecule has 0 amide bonds. The fourth-order valence-electron chi connectivity index (χ4n) is 1.17. The Morgan fingerprint density at radius 2 is 1.94 bits per heavy atom. The smallest absolute Gasteiger partial charge is 0.242 e. The molecular weight excluding hydrogens is 278 g/mol. The number of nitrogens with two attached hydrogens (primary N) is 1. The number of rotatable bonds is 6. The number of sulfone groups is 1. The monoisotopic (exact) mass is 293 g/mol. The minimum Gasteiger partial charge on any atom is -0.384 e. The summed E-state index contributed by atoms with van der Waals surface area (Å²) in [6.45, 7) is 0.0553. The second kappa shape index (κ2) is 5.63. The number of nitrogens with zero attached hydrogens (tertiary/aromatic N) is 1. The molecule has 0 saturated carbocycles. The van der Waals surface area contributed by atoms with E-state index in [1.807, 2.05) is 0 Å². The van der Waals surface area contributed by atoms with Crippen molar-refractivity contribution in [3.8, 4) is 0 Å². The quantitative estimate of drug-likeness (QED) is 0.674. The number of nitrogen functional groups attached to an aromatic ring is 1. The van der Waals surface area contributed by atoms with E-state index in [9.17, 15) is 16.8 Å². The van der Waals surface area contributed by atoms with Crippen LogP contribution in [-0.4, -0.2) is 40.4 Å². The third-order valence-electron chi connectivity index (χ3n) is 2.05. The van der Waals surface area contributed by atoms with Gasteiger partial charge >= 0.3 is 0 Å². The van der Waals surface area contributed by atoms with Gasteiger partial charge in [0.1, 0.15) is 20.6 Å². The molecule has 1 rings (SSSR count). The zero-order valence-corrected chi connectivity index (χ0v) is 11.5. The molecule has 3 N–H and O–H groups in total. The SMILES string of the molecule is CS(=O)(=O)CCCNS(=O)(=O)c1ccc(N)nc1. The van der Waals surface area contributed by atoms with Crippen LogP contribution in [0.1, 0.15) is 6.42 Å². The summed E-state index contributed by atoms with van der Waals surface area (Å²) < 4.78 is 47.5. The Morgan fingerprint density at radius 3 is 2.44 bits per heavy atom. The van der Waals surface area contributed by atoms with Crippen molar-refractivity contribution in [1.29, 1.82) is 0 Å². The van der Waals surface area contributed by atoms with Gasteiger partial charge in [0.15, 0.2) is 0 Å². The van der Waals surface area contributed by atoms with E-state index in [0.29, 0.717) is 0 Å². The Balaban J connectivity index is 2.58. The number of nitrogens with one attached hydrogen (secondary N) is 1. The van der Waals surface area contributed by atoms with Gasteiger partial charge in [0.2, 0.25) is 10.0 Å². The van der Waals surface area contributed by atoms with E-state index in [-0.39, 0.29) is 29.4 Å². The second-order valence-electron chi connectivity index (χ2n) is 3.80. The molecule has 1 heterocycles. The molecule has 0 aliphatic rings. The van der Waals surface area contributed by atoms with Crippen LogP contribution in [0.4, 0.5) is 5.82 Å². The zero-order valence-electron chi connectivity index (χ0n) is 9.83. The molecule has 0 bridgehead atoms. The van der Waals surface area contributed by atoms with E-state index in [1.54, 1.807) is 0 Å². The Hall–Kier alpha value is -1.19. The summed E-state index contributed by atoms with van der Waals surface area (Å²) in [5, 5.41) is 0. The average molecular weight is 293 g/mol. The molecule has 0 radical (unpaired) electrons. The Morgan fingerprint density at radius 1 is 1.28 bits per heavy atom. The highest BCUT2D eigenvalue weighted by molar-refractivity contribution is 7.90. The lowest BCUT2D eigenvalue weighted by molar-refractivity contribution is 0.577. The first-order chi connectivity index (χ1) is 8.21. The number of hydrogen-bond donors (Lipinski definition) is 2. The summed E-state index contributed by atoms with van der Waals surface area (Å²) >= 11 is 0. The van der Waals surface area contributed by atoms with Crippen molar-refractivity contribution in [3.63, 3.8) is 0 Å². The van der Waals surface area contributed by atoms with Crippen LogP contribution in [0.2, 0.25) is 0 Å². The van der Waals surface area contributed by atoms with Crippen LogP contribution in [-0.2, 0) is 19.9 Å². The first kappa shape index (κ1) is 14.9. The van der Waals surface area contributed by atoms with Crippen molar-refractivity contribution in [3.05, 3.63) is 18.3 Å². The minimum atomic E-state index is -3.66. The minimum absolute atomic E-state index is 0.00365. The van der Waals surface area contributed by atoms with E-state index in [2.05, 4.69) is 9.71 Å². The molecular formula is C9H15N3O4S2. The van der Waals surface area contributed by atoms with E-state index in [0.717, 1.165) is 12.5 Å². The van der Waals surface area contributed by atoms with Gasteiger partial charge in [-0.25, -0.2) is 26.5 Å². The summed E-state index contributed by atoms with van der Waals surface area (Å²) in [5.74, 6) is 0.168. The van der Waals surface area contributed by atoms with Crippen LogP contribution in [0.5, 0.6) is 0 Å². The average Bonchev–Trinajstić information content (AvgIpc) is 2.24. The van der Waals surface area contributed by atoms with E-state index in [1.165, 1.54) is 12.1 Å². The van der Waals surface area contributed by atoms with Gasteiger partial charge < -0.3 is 5.73 Å². The van der Waals surface area contributed by atoms with Crippen LogP contribution >= 0.6 is 0 Å². The van der Waals surface area contributed by atoms with Crippen LogP contribution in [0.3, 0.4) is 0 Å². The fraction of sp³-hybridized carbons (Fsp3) is 0.444. The van der Waals surface area contributed by atoms with Crippen molar-refractivity contribution < 1.29 is 16.8 Å². The summed E-state index contributed by atoms with van der Waals surface area (Å²) in [4.78, 5) is 3.67. The molecule has 0 atom stereocenters. The second-order valence-corrected chi connectivity index (χ2v) is 7.83. The topological polar surface area (TPSA) is 119 Å². The molecule has 0 aromatic carbocycles. The maximum atomic E-state index is 11.7. The number of aromatic nitrogens is 1. The lowest BCUT2D eigenvalue weighted by Crippen LogP contribution is -2.26. The van der Waals surface area contributed by atoms with Crippen molar-refractivity contribution in [2.45, 2.75) is 11.3 Å². The van der Waals surface area contributed by atoms with Gasteiger partial charge in [-0.3, -0.25) is 0 Å². The lowest BCUT2D eigenvalue weighted by Gasteiger charge is -2.06. The summed E-state index contributed by atoms with van der Waals surface area (Å²) in [6, 6.07) is 2.71. The maximum absolute atomic E-state index is 11.7. The molecule has 102 valence electrons. The van der Waals surface area contributed by atoms with Crippen LogP contribution < -0.4 is 10.5 Å². The fourth-order valence-corrected chi connectivity index (χ4v) is 2.86. The van der Waals surface area contributed by atoms with Crippen LogP contribution in [0, 0.1) is 0 Å². The first-order valence-corrected chi connectivity index (χ1v) is 8.64. The number of sulfonamides is 1. The highest BCUT2D eigenvalue weighted by Crippen LogP contribution is 2.08. The van der Waals surface area contributed by atoms with Gasteiger partial charge in [-0.05, 0) is 18.6 Å². The van der Waals surface area contributed by atoms with Crippen LogP contribution in [0.15, 0.2) is 23.2 Å². The van der Waals surface area contributed by atoms with Gasteiger partial charge in [-0.1, -0.05) is 0 Å². The van der Waals surface area contributed by atoms with Crippen molar-refractivity contribution in [2.75, 3.05) is 24.3 Å². The summed E-state index contributed by atoms with van der Waals surface area (Å²) in [6.07, 6.45) is 2.47. The maximum Gasteiger partial charge on any atom is 0.242 e. The first-order valence-electron chi connectivity index (χ1n) is 5.10. The van der Waals surface area contributed by atoms with E-state index in [4.69, 9.17) is 5.73 Å². The Labute approximate surface area is 106 Å². The lowest BCUT2D eigenvalue weighted by atomic mass is 10.5. The standard InChI is InChI=1S/C9H15N3O4S2/c1-17(13,14)6-2-5-12-18(15,16)8-3-4-9(10)11-7-8/h3-4,7,12H,2,5-6H2,1H3,(H2,10,11). The van der Waals surface area contributed by atoms with Crippen molar-refractivity contribution in [1.82, 2.24) is 9.71 Å². The number of anilines is 1. The molecule has 0 aliphatic carbocycles. The molecule has 9 heteroatoms. The molecule has 0 aliphatic heterocycles. The normalized spacial score (nSPS) is 12.5. The van der Waals surface area contributed by atoms with E-state index < -0.39 is 19.9 Å². The van der Waals surface area contributed by atoms with Gasteiger partial charge in [0.25, 0.3) is 0 Å². The van der Waals surface area contributed by atoms with E-state index >= 15 is 0 Å². The predicted octanol–water partition coefficient (Wildman–Crippen LogP) is -0.623. The molecule has 0 spiro atoms. The third-order valence-corrected chi connectivity index (χ3v) is 4.53. The van der Waals surface area contributed by atoms with Gasteiger partial charge in [0.05, 0.1) is 5.75 Å². The van der Waals surface area contributed by atoms with Gasteiger partial charge in [-0.2, -0.15) is 0 Å². The Kier molecular flexibility index (Phi) is 4.65.